The molecule has 63 valence electrons. The summed E-state index contributed by atoms with van der Waals surface area (Å²) in [4.78, 5) is 8.44. The van der Waals surface area contributed by atoms with Crippen molar-refractivity contribution in [3.05, 3.63) is 30.7 Å². The van der Waals surface area contributed by atoms with Crippen LogP contribution in [-0.2, 0) is 0 Å². The van der Waals surface area contributed by atoms with E-state index >= 15 is 0 Å². The zero-order chi connectivity index (χ0) is 8.23. The Hall–Kier alpha value is -0.960. The van der Waals surface area contributed by atoms with Crippen LogP contribution in [-0.4, -0.2) is 23.1 Å². The third-order valence-corrected chi connectivity index (χ3v) is 2.05. The van der Waals surface area contributed by atoms with Crippen molar-refractivity contribution in [1.29, 1.82) is 0 Å². The van der Waals surface area contributed by atoms with E-state index in [2.05, 4.69) is 21.7 Å². The number of nitrogens with one attached hydrogen (secondary N) is 1. The van der Waals surface area contributed by atoms with Crippen LogP contribution in [0.3, 0.4) is 0 Å². The number of hydrogen-bond acceptors (Lipinski definition) is 3. The standard InChI is InChI=1S/C9H12N3/c1-3-8(7-10-4-1)9-11-5-2-6-12-9/h2-3,5-6,8,10H,1,4,7H2. The lowest BCUT2D eigenvalue weighted by atomic mass is 9.99. The summed E-state index contributed by atoms with van der Waals surface area (Å²) in [5.41, 5.74) is 0. The third-order valence-electron chi connectivity index (χ3n) is 2.05. The van der Waals surface area contributed by atoms with Crippen LogP contribution in [0.25, 0.3) is 0 Å². The molecule has 0 aliphatic carbocycles. The van der Waals surface area contributed by atoms with E-state index in [-0.39, 0.29) is 0 Å². The average Bonchev–Trinajstić information content (AvgIpc) is 2.21. The van der Waals surface area contributed by atoms with E-state index < -0.39 is 0 Å². The Morgan fingerprint density at radius 2 is 2.17 bits per heavy atom. The number of hydrogen-bond donors (Lipinski definition) is 1. The molecule has 0 saturated carbocycles. The maximum absolute atomic E-state index is 4.22. The first kappa shape index (κ1) is 7.68. The monoisotopic (exact) mass is 162 g/mol. The molecule has 1 N–H and O–H groups in total. The Kier molecular flexibility index (Phi) is 2.32. The van der Waals surface area contributed by atoms with Gasteiger partial charge >= 0.3 is 0 Å². The lowest BCUT2D eigenvalue weighted by Gasteiger charge is -2.20. The topological polar surface area (TPSA) is 37.8 Å². The fourth-order valence-corrected chi connectivity index (χ4v) is 1.43. The summed E-state index contributed by atoms with van der Waals surface area (Å²) in [6.07, 6.45) is 6.99. The highest BCUT2D eigenvalue weighted by molar-refractivity contribution is 5.06. The van der Waals surface area contributed by atoms with Crippen molar-refractivity contribution >= 4 is 0 Å². The molecule has 0 aromatic carbocycles. The lowest BCUT2D eigenvalue weighted by Crippen LogP contribution is -2.29. The molecule has 1 aliphatic heterocycles. The molecule has 12 heavy (non-hydrogen) atoms. The molecule has 0 bridgehead atoms. The smallest absolute Gasteiger partial charge is 0.132 e. The van der Waals surface area contributed by atoms with Crippen LogP contribution in [0.15, 0.2) is 18.5 Å². The van der Waals surface area contributed by atoms with Gasteiger partial charge in [0.1, 0.15) is 5.82 Å². The fraction of sp³-hybridized carbons (Fsp3) is 0.444. The van der Waals surface area contributed by atoms with Crippen LogP contribution in [0.4, 0.5) is 0 Å². The van der Waals surface area contributed by atoms with Gasteiger partial charge in [-0.2, -0.15) is 0 Å². The van der Waals surface area contributed by atoms with E-state index in [1.54, 1.807) is 12.4 Å². The zero-order valence-corrected chi connectivity index (χ0v) is 6.90. The molecule has 3 nitrogen and oxygen atoms in total. The van der Waals surface area contributed by atoms with Crippen molar-refractivity contribution in [2.45, 2.75) is 12.3 Å². The van der Waals surface area contributed by atoms with Crippen molar-refractivity contribution in [2.24, 2.45) is 0 Å². The van der Waals surface area contributed by atoms with Gasteiger partial charge in [-0.1, -0.05) is 0 Å². The number of rotatable bonds is 1. The fourth-order valence-electron chi connectivity index (χ4n) is 1.43. The van der Waals surface area contributed by atoms with Gasteiger partial charge in [-0.25, -0.2) is 9.97 Å². The lowest BCUT2D eigenvalue weighted by molar-refractivity contribution is 0.531. The summed E-state index contributed by atoms with van der Waals surface area (Å²) in [7, 11) is 0. The molecule has 2 heterocycles. The minimum atomic E-state index is 0.403. The molecule has 1 atom stereocenters. The summed E-state index contributed by atoms with van der Waals surface area (Å²) in [6.45, 7) is 2.06. The zero-order valence-electron chi connectivity index (χ0n) is 6.90. The van der Waals surface area contributed by atoms with Crippen LogP contribution >= 0.6 is 0 Å². The number of piperidine rings is 1. The van der Waals surface area contributed by atoms with Gasteiger partial charge in [-0.3, -0.25) is 0 Å². The molecule has 2 rings (SSSR count). The SMILES string of the molecule is [CH]1CCNCC1c1ncccn1. The van der Waals surface area contributed by atoms with Crippen molar-refractivity contribution in [3.8, 4) is 0 Å². The highest BCUT2D eigenvalue weighted by Crippen LogP contribution is 2.17. The molecule has 1 saturated heterocycles. The summed E-state index contributed by atoms with van der Waals surface area (Å²) in [6, 6.07) is 1.85. The van der Waals surface area contributed by atoms with Crippen molar-refractivity contribution in [3.63, 3.8) is 0 Å². The third kappa shape index (κ3) is 1.61. The molecular weight excluding hydrogens is 150 g/mol. The first-order valence-electron chi connectivity index (χ1n) is 4.28. The highest BCUT2D eigenvalue weighted by atomic mass is 14.9. The second kappa shape index (κ2) is 3.63. The maximum atomic E-state index is 4.22. The Morgan fingerprint density at radius 3 is 2.83 bits per heavy atom. The van der Waals surface area contributed by atoms with E-state index in [9.17, 15) is 0 Å². The van der Waals surface area contributed by atoms with Gasteiger partial charge in [-0.15, -0.1) is 0 Å². The molecule has 1 radical (unpaired) electrons. The van der Waals surface area contributed by atoms with Crippen LogP contribution in [0.5, 0.6) is 0 Å². The maximum Gasteiger partial charge on any atom is 0.132 e. The van der Waals surface area contributed by atoms with Crippen molar-refractivity contribution < 1.29 is 0 Å². The van der Waals surface area contributed by atoms with E-state index in [4.69, 9.17) is 0 Å². The summed E-state index contributed by atoms with van der Waals surface area (Å²) < 4.78 is 0. The summed E-state index contributed by atoms with van der Waals surface area (Å²) in [5, 5.41) is 3.32. The molecular formula is C9H12N3. The van der Waals surface area contributed by atoms with Crippen LogP contribution < -0.4 is 5.32 Å². The van der Waals surface area contributed by atoms with Crippen LogP contribution in [0.1, 0.15) is 18.2 Å². The molecule has 1 aliphatic rings. The first-order valence-corrected chi connectivity index (χ1v) is 4.28. The molecule has 1 aromatic heterocycles. The molecule has 3 heteroatoms. The largest absolute Gasteiger partial charge is 0.316 e. The molecule has 1 aromatic rings. The van der Waals surface area contributed by atoms with Crippen molar-refractivity contribution in [2.75, 3.05) is 13.1 Å². The quantitative estimate of drug-likeness (QED) is 0.662. The molecule has 0 amide bonds. The Labute approximate surface area is 72.2 Å². The molecule has 1 fully saturated rings. The number of aromatic nitrogens is 2. The van der Waals surface area contributed by atoms with Gasteiger partial charge in [0.25, 0.3) is 0 Å². The van der Waals surface area contributed by atoms with E-state index in [1.807, 2.05) is 6.07 Å². The Morgan fingerprint density at radius 1 is 1.33 bits per heavy atom. The van der Waals surface area contributed by atoms with Gasteiger partial charge in [0.15, 0.2) is 0 Å². The summed E-state index contributed by atoms with van der Waals surface area (Å²) in [5.74, 6) is 1.34. The van der Waals surface area contributed by atoms with Gasteiger partial charge in [-0.05, 0) is 25.5 Å². The second-order valence-electron chi connectivity index (χ2n) is 2.94. The van der Waals surface area contributed by atoms with Crippen LogP contribution in [0.2, 0.25) is 0 Å². The molecule has 1 unspecified atom stereocenters. The average molecular weight is 162 g/mol. The Balaban J connectivity index is 2.08. The second-order valence-corrected chi connectivity index (χ2v) is 2.94. The normalized spacial score (nSPS) is 23.8. The van der Waals surface area contributed by atoms with Gasteiger partial charge in [0, 0.05) is 24.9 Å². The van der Waals surface area contributed by atoms with Crippen molar-refractivity contribution in [1.82, 2.24) is 15.3 Å². The predicted octanol–water partition coefficient (Wildman–Crippen LogP) is 0.758. The summed E-state index contributed by atoms with van der Waals surface area (Å²) >= 11 is 0. The van der Waals surface area contributed by atoms with E-state index in [1.165, 1.54) is 0 Å². The van der Waals surface area contributed by atoms with E-state index in [0.29, 0.717) is 5.92 Å². The van der Waals surface area contributed by atoms with Crippen LogP contribution in [0, 0.1) is 6.42 Å². The predicted molar refractivity (Wildman–Crippen MR) is 46.6 cm³/mol. The molecule has 0 spiro atoms. The first-order chi connectivity index (χ1) is 5.97. The highest BCUT2D eigenvalue weighted by Gasteiger charge is 2.16. The van der Waals surface area contributed by atoms with Gasteiger partial charge in [0.2, 0.25) is 0 Å². The minimum absolute atomic E-state index is 0.403. The van der Waals surface area contributed by atoms with Gasteiger partial charge in [0.05, 0.1) is 0 Å². The van der Waals surface area contributed by atoms with Gasteiger partial charge < -0.3 is 5.32 Å². The minimum Gasteiger partial charge on any atom is -0.316 e. The number of nitrogens with zero attached hydrogens (tertiary/aromatic N) is 2. The van der Waals surface area contributed by atoms with E-state index in [0.717, 1.165) is 25.3 Å². The Bertz CT molecular complexity index is 229.